The lowest BCUT2D eigenvalue weighted by Crippen LogP contribution is -2.39. The minimum absolute atomic E-state index is 0.689. The van der Waals surface area contributed by atoms with E-state index in [4.69, 9.17) is 5.26 Å². The molecule has 1 saturated heterocycles. The number of aliphatic imine (C=N–C) groups is 1. The van der Waals surface area contributed by atoms with Gasteiger partial charge in [0.2, 0.25) is 0 Å². The topological polar surface area (TPSA) is 60.2 Å². The molecule has 0 radical (unpaired) electrons. The van der Waals surface area contributed by atoms with Gasteiger partial charge in [0.1, 0.15) is 0 Å². The van der Waals surface area contributed by atoms with Gasteiger partial charge >= 0.3 is 0 Å². The van der Waals surface area contributed by atoms with E-state index in [1.165, 1.54) is 18.6 Å². The summed E-state index contributed by atoms with van der Waals surface area (Å²) in [6.07, 6.45) is 2.62. The fourth-order valence-corrected chi connectivity index (χ4v) is 3.32. The lowest BCUT2D eigenvalue weighted by Gasteiger charge is -2.14. The first-order valence-electron chi connectivity index (χ1n) is 6.87. The van der Waals surface area contributed by atoms with Gasteiger partial charge < -0.3 is 10.6 Å². The van der Waals surface area contributed by atoms with E-state index in [1.54, 1.807) is 7.05 Å². The zero-order valence-corrected chi connectivity index (χ0v) is 12.5. The second kappa shape index (κ2) is 7.81. The van der Waals surface area contributed by atoms with E-state index in [-0.39, 0.29) is 0 Å². The number of rotatable bonds is 4. The number of nitrogens with zero attached hydrogens (tertiary/aromatic N) is 2. The van der Waals surface area contributed by atoms with Crippen LogP contribution in [0.15, 0.2) is 29.3 Å². The molecule has 2 N–H and O–H groups in total. The standard InChI is InChI=1S/C15H20N4S/c1-17-15(19-11-14-3-2-8-20-14)18-10-13-6-4-12(9-16)5-7-13/h4-7,14H,2-3,8,10-11H2,1H3,(H2,17,18,19). The van der Waals surface area contributed by atoms with Gasteiger partial charge in [-0.05, 0) is 36.3 Å². The highest BCUT2D eigenvalue weighted by molar-refractivity contribution is 8.00. The molecule has 1 heterocycles. The Balaban J connectivity index is 1.76. The van der Waals surface area contributed by atoms with Crippen molar-refractivity contribution < 1.29 is 0 Å². The highest BCUT2D eigenvalue weighted by Gasteiger charge is 2.15. The predicted octanol–water partition coefficient (Wildman–Crippen LogP) is 2.12. The normalized spacial score (nSPS) is 18.6. The third kappa shape index (κ3) is 4.46. The average molecular weight is 288 g/mol. The first-order chi connectivity index (χ1) is 9.81. The molecule has 0 aromatic heterocycles. The van der Waals surface area contributed by atoms with Gasteiger partial charge in [-0.1, -0.05) is 12.1 Å². The fourth-order valence-electron chi connectivity index (χ4n) is 2.12. The van der Waals surface area contributed by atoms with Crippen LogP contribution in [0.3, 0.4) is 0 Å². The van der Waals surface area contributed by atoms with Crippen LogP contribution in [0, 0.1) is 11.3 Å². The lowest BCUT2D eigenvalue weighted by atomic mass is 10.1. The summed E-state index contributed by atoms with van der Waals surface area (Å²) in [6.45, 7) is 1.68. The van der Waals surface area contributed by atoms with Crippen molar-refractivity contribution >= 4 is 17.7 Å². The summed E-state index contributed by atoms with van der Waals surface area (Å²) in [6, 6.07) is 9.72. The second-order valence-corrected chi connectivity index (χ2v) is 6.16. The van der Waals surface area contributed by atoms with Gasteiger partial charge in [0.05, 0.1) is 11.6 Å². The first-order valence-corrected chi connectivity index (χ1v) is 7.92. The average Bonchev–Trinajstić information content (AvgIpc) is 3.01. The van der Waals surface area contributed by atoms with Gasteiger partial charge in [0.15, 0.2) is 5.96 Å². The SMILES string of the molecule is CN=C(NCc1ccc(C#N)cc1)NCC1CCCS1. The van der Waals surface area contributed by atoms with E-state index >= 15 is 0 Å². The van der Waals surface area contributed by atoms with Crippen LogP contribution in [0.2, 0.25) is 0 Å². The molecule has 1 aromatic carbocycles. The van der Waals surface area contributed by atoms with E-state index in [9.17, 15) is 0 Å². The number of guanidine groups is 1. The van der Waals surface area contributed by atoms with Crippen LogP contribution in [0.1, 0.15) is 24.0 Å². The molecule has 106 valence electrons. The van der Waals surface area contributed by atoms with Gasteiger partial charge in [0, 0.05) is 25.4 Å². The minimum Gasteiger partial charge on any atom is -0.355 e. The number of benzene rings is 1. The van der Waals surface area contributed by atoms with Crippen LogP contribution in [0.25, 0.3) is 0 Å². The highest BCUT2D eigenvalue weighted by atomic mass is 32.2. The van der Waals surface area contributed by atoms with E-state index in [1.807, 2.05) is 36.0 Å². The molecule has 1 unspecified atom stereocenters. The quantitative estimate of drug-likeness (QED) is 0.658. The van der Waals surface area contributed by atoms with E-state index in [0.29, 0.717) is 17.4 Å². The Labute approximate surface area is 124 Å². The summed E-state index contributed by atoms with van der Waals surface area (Å²) >= 11 is 2.04. The third-order valence-electron chi connectivity index (χ3n) is 3.29. The molecule has 0 aliphatic carbocycles. The van der Waals surface area contributed by atoms with Crippen LogP contribution in [0.4, 0.5) is 0 Å². The van der Waals surface area contributed by atoms with Crippen molar-refractivity contribution in [3.8, 4) is 6.07 Å². The number of hydrogen-bond acceptors (Lipinski definition) is 3. The van der Waals surface area contributed by atoms with Crippen LogP contribution in [-0.2, 0) is 6.54 Å². The maximum Gasteiger partial charge on any atom is 0.191 e. The van der Waals surface area contributed by atoms with Crippen LogP contribution < -0.4 is 10.6 Å². The molecular formula is C15H20N4S. The number of nitrogens with one attached hydrogen (secondary N) is 2. The molecule has 0 amide bonds. The van der Waals surface area contributed by atoms with Crippen molar-refractivity contribution in [1.29, 1.82) is 5.26 Å². The Morgan fingerprint density at radius 3 is 2.80 bits per heavy atom. The highest BCUT2D eigenvalue weighted by Crippen LogP contribution is 2.25. The van der Waals surface area contributed by atoms with E-state index in [2.05, 4.69) is 21.7 Å². The van der Waals surface area contributed by atoms with Crippen molar-refractivity contribution in [2.75, 3.05) is 19.3 Å². The zero-order valence-electron chi connectivity index (χ0n) is 11.7. The van der Waals surface area contributed by atoms with E-state index < -0.39 is 0 Å². The number of thioether (sulfide) groups is 1. The Morgan fingerprint density at radius 1 is 1.40 bits per heavy atom. The summed E-state index contributed by atoms with van der Waals surface area (Å²) in [4.78, 5) is 4.23. The lowest BCUT2D eigenvalue weighted by molar-refractivity contribution is 0.726. The Kier molecular flexibility index (Phi) is 5.75. The van der Waals surface area contributed by atoms with Crippen LogP contribution >= 0.6 is 11.8 Å². The summed E-state index contributed by atoms with van der Waals surface area (Å²) in [7, 11) is 1.79. The first kappa shape index (κ1) is 14.7. The molecule has 0 bridgehead atoms. The van der Waals surface area contributed by atoms with E-state index in [0.717, 1.165) is 18.1 Å². The number of hydrogen-bond donors (Lipinski definition) is 2. The molecular weight excluding hydrogens is 268 g/mol. The van der Waals surface area contributed by atoms with Gasteiger partial charge in [-0.25, -0.2) is 0 Å². The molecule has 1 atom stereocenters. The van der Waals surface area contributed by atoms with Gasteiger partial charge in [-0.3, -0.25) is 4.99 Å². The summed E-state index contributed by atoms with van der Waals surface area (Å²) in [5, 5.41) is 16.1. The number of nitriles is 1. The molecule has 4 nitrogen and oxygen atoms in total. The Morgan fingerprint density at radius 2 is 2.20 bits per heavy atom. The molecule has 1 fully saturated rings. The van der Waals surface area contributed by atoms with Crippen molar-refractivity contribution in [2.45, 2.75) is 24.6 Å². The van der Waals surface area contributed by atoms with Crippen molar-refractivity contribution in [2.24, 2.45) is 4.99 Å². The molecule has 1 aromatic rings. The monoisotopic (exact) mass is 288 g/mol. The smallest absolute Gasteiger partial charge is 0.191 e. The van der Waals surface area contributed by atoms with Gasteiger partial charge in [0.25, 0.3) is 0 Å². The molecule has 1 aliphatic rings. The third-order valence-corrected chi connectivity index (χ3v) is 4.69. The van der Waals surface area contributed by atoms with Crippen LogP contribution in [-0.4, -0.2) is 30.6 Å². The molecule has 1 aliphatic heterocycles. The summed E-state index contributed by atoms with van der Waals surface area (Å²) in [5.41, 5.74) is 1.83. The minimum atomic E-state index is 0.689. The zero-order chi connectivity index (χ0) is 14.2. The second-order valence-electron chi connectivity index (χ2n) is 4.75. The maximum atomic E-state index is 8.76. The van der Waals surface area contributed by atoms with Gasteiger partial charge in [-0.15, -0.1) is 0 Å². The fraction of sp³-hybridized carbons (Fsp3) is 0.467. The molecule has 0 spiro atoms. The van der Waals surface area contributed by atoms with Crippen molar-refractivity contribution in [3.63, 3.8) is 0 Å². The Bertz CT molecular complexity index is 484. The molecule has 20 heavy (non-hydrogen) atoms. The molecule has 5 heteroatoms. The van der Waals surface area contributed by atoms with Crippen molar-refractivity contribution in [1.82, 2.24) is 10.6 Å². The van der Waals surface area contributed by atoms with Crippen LogP contribution in [0.5, 0.6) is 0 Å². The summed E-state index contributed by atoms with van der Waals surface area (Å²) in [5.74, 6) is 2.12. The largest absolute Gasteiger partial charge is 0.355 e. The Hall–Kier alpha value is -1.67. The maximum absolute atomic E-state index is 8.76. The molecule has 2 rings (SSSR count). The van der Waals surface area contributed by atoms with Crippen molar-refractivity contribution in [3.05, 3.63) is 35.4 Å². The summed E-state index contributed by atoms with van der Waals surface area (Å²) < 4.78 is 0. The van der Waals surface area contributed by atoms with Gasteiger partial charge in [-0.2, -0.15) is 17.0 Å². The predicted molar refractivity (Wildman–Crippen MR) is 84.8 cm³/mol. The molecule has 0 saturated carbocycles.